The van der Waals surface area contributed by atoms with Crippen molar-refractivity contribution >= 4 is 33.6 Å². The number of ether oxygens (including phenoxy) is 1. The molecule has 3 N–H and O–H groups in total. The van der Waals surface area contributed by atoms with Gasteiger partial charge in [0.05, 0.1) is 16.2 Å². The molecule has 2 aliphatic rings. The van der Waals surface area contributed by atoms with Gasteiger partial charge in [0, 0.05) is 38.4 Å². The number of sulfonamides is 1. The molecule has 0 spiro atoms. The summed E-state index contributed by atoms with van der Waals surface area (Å²) in [5.41, 5.74) is -3.23. The summed E-state index contributed by atoms with van der Waals surface area (Å²) in [5, 5.41) is 12.9. The van der Waals surface area contributed by atoms with Gasteiger partial charge in [0.1, 0.15) is 22.8 Å². The van der Waals surface area contributed by atoms with Gasteiger partial charge in [-0.1, -0.05) is 6.92 Å². The Kier molecular flexibility index (Phi) is 9.39. The predicted octanol–water partition coefficient (Wildman–Crippen LogP) is 4.65. The van der Waals surface area contributed by atoms with Crippen LogP contribution in [0.2, 0.25) is 0 Å². The molecule has 2 fully saturated rings. The number of carbonyl (C=O) groups excluding carboxylic acids is 1. The fraction of sp³-hybridized carbons (Fsp3) is 0.607. The highest BCUT2D eigenvalue weighted by atomic mass is 32.2. The molecule has 244 valence electrons. The van der Waals surface area contributed by atoms with E-state index in [2.05, 4.69) is 20.0 Å². The second-order valence-corrected chi connectivity index (χ2v) is 14.4. The monoisotopic (exact) mass is 646 g/mol. The lowest BCUT2D eigenvalue weighted by atomic mass is 9.95. The van der Waals surface area contributed by atoms with Gasteiger partial charge in [-0.2, -0.15) is 18.2 Å². The highest BCUT2D eigenvalue weighted by Gasteiger charge is 2.39. The van der Waals surface area contributed by atoms with Crippen molar-refractivity contribution in [3.63, 3.8) is 0 Å². The molecule has 1 aromatic carbocycles. The number of alkyl halides is 3. The van der Waals surface area contributed by atoms with Crippen LogP contribution in [-0.4, -0.2) is 77.9 Å². The van der Waals surface area contributed by atoms with Crippen molar-refractivity contribution < 1.29 is 40.6 Å². The maximum absolute atomic E-state index is 15.1. The summed E-state index contributed by atoms with van der Waals surface area (Å²) in [6, 6.07) is 2.55. The zero-order chi connectivity index (χ0) is 32.7. The molecule has 0 unspecified atom stereocenters. The smallest absolute Gasteiger partial charge is 0.421 e. The quantitative estimate of drug-likeness (QED) is 0.383. The first-order valence-electron chi connectivity index (χ1n) is 14.2. The number of β-amino-alcohol motifs (C(OH)–C–C–N with tert-alkyl or cyclic N) is 1. The molecule has 44 heavy (non-hydrogen) atoms. The minimum Gasteiger partial charge on any atom is -0.444 e. The molecule has 0 bridgehead atoms. The van der Waals surface area contributed by atoms with Crippen LogP contribution in [-0.2, 0) is 20.9 Å². The van der Waals surface area contributed by atoms with Crippen LogP contribution in [0, 0.1) is 11.7 Å². The Bertz CT molecular complexity index is 1480. The molecule has 0 radical (unpaired) electrons. The summed E-state index contributed by atoms with van der Waals surface area (Å²) in [6.07, 6.45) is -3.48. The molecular formula is C28H38F4N6O5S. The summed E-state index contributed by atoms with van der Waals surface area (Å²) < 4.78 is 90.6. The van der Waals surface area contributed by atoms with Crippen LogP contribution in [0.25, 0.3) is 0 Å². The highest BCUT2D eigenvalue weighted by molar-refractivity contribution is 7.89. The Morgan fingerprint density at radius 2 is 1.91 bits per heavy atom. The van der Waals surface area contributed by atoms with E-state index in [9.17, 15) is 31.5 Å². The van der Waals surface area contributed by atoms with Crippen molar-refractivity contribution in [1.29, 1.82) is 0 Å². The molecular weight excluding hydrogens is 608 g/mol. The second kappa shape index (κ2) is 12.3. The molecule has 3 atom stereocenters. The lowest BCUT2D eigenvalue weighted by Crippen LogP contribution is -2.52. The van der Waals surface area contributed by atoms with Crippen LogP contribution in [0.5, 0.6) is 0 Å². The zero-order valence-corrected chi connectivity index (χ0v) is 26.0. The molecule has 1 amide bonds. The van der Waals surface area contributed by atoms with Gasteiger partial charge in [0.2, 0.25) is 16.0 Å². The third-order valence-electron chi connectivity index (χ3n) is 7.41. The number of carbonyl (C=O) groups is 1. The third kappa shape index (κ3) is 8.27. The topological polar surface area (TPSA) is 137 Å². The Morgan fingerprint density at radius 1 is 1.20 bits per heavy atom. The first-order chi connectivity index (χ1) is 20.2. The summed E-state index contributed by atoms with van der Waals surface area (Å²) in [5.74, 6) is -2.04. The van der Waals surface area contributed by atoms with Gasteiger partial charge in [0.15, 0.2) is 0 Å². The molecule has 2 saturated heterocycles. The van der Waals surface area contributed by atoms with Crippen LogP contribution in [0.15, 0.2) is 29.3 Å². The molecule has 16 heteroatoms. The first-order valence-corrected chi connectivity index (χ1v) is 15.7. The van der Waals surface area contributed by atoms with Crippen molar-refractivity contribution in [3.05, 3.63) is 35.8 Å². The Balaban J connectivity index is 1.48. The van der Waals surface area contributed by atoms with Crippen LogP contribution in [0.1, 0.15) is 59.4 Å². The first kappa shape index (κ1) is 33.6. The number of halogens is 4. The standard InChI is InChI=1S/C28H38F4N6O5S/c1-17-15-37(25(39)43-26(2,3)4)12-9-21(17)36-44(41,42)18-7-8-22(20(29)13-18)34-24-33-14-19(28(30,31)32)23(35-24)38-11-6-10-27(5,40)16-38/h7-8,13-14,17,21,36,40H,6,9-12,15-16H2,1-5H3,(H,33,34,35)/t17-,21+,27-/m0/s1. The number of hydrogen-bond donors (Lipinski definition) is 3. The fourth-order valence-electron chi connectivity index (χ4n) is 5.24. The van der Waals surface area contributed by atoms with E-state index in [1.807, 2.05) is 0 Å². The van der Waals surface area contributed by atoms with Crippen molar-refractivity contribution in [2.24, 2.45) is 5.92 Å². The summed E-state index contributed by atoms with van der Waals surface area (Å²) >= 11 is 0. The van der Waals surface area contributed by atoms with Crippen LogP contribution >= 0.6 is 0 Å². The van der Waals surface area contributed by atoms with Crippen LogP contribution in [0.4, 0.5) is 39.8 Å². The van der Waals surface area contributed by atoms with Crippen molar-refractivity contribution in [2.75, 3.05) is 36.4 Å². The second-order valence-electron chi connectivity index (χ2n) is 12.6. The Hall–Kier alpha value is -3.24. The van der Waals surface area contributed by atoms with Crippen molar-refractivity contribution in [3.8, 4) is 0 Å². The SMILES string of the molecule is C[C@H]1CN(C(=O)OC(C)(C)C)CC[C@H]1NS(=O)(=O)c1ccc(Nc2ncc(C(F)(F)F)c(N3CCC[C@](C)(O)C3)n2)c(F)c1. The minimum absolute atomic E-state index is 0.0842. The predicted molar refractivity (Wildman–Crippen MR) is 154 cm³/mol. The molecule has 2 aromatic rings. The third-order valence-corrected chi connectivity index (χ3v) is 8.90. The van der Waals surface area contributed by atoms with Crippen molar-refractivity contribution in [2.45, 2.75) is 82.2 Å². The van der Waals surface area contributed by atoms with Gasteiger partial charge in [-0.3, -0.25) is 0 Å². The number of piperidine rings is 2. The summed E-state index contributed by atoms with van der Waals surface area (Å²) in [7, 11) is -4.16. The highest BCUT2D eigenvalue weighted by Crippen LogP contribution is 2.38. The number of anilines is 3. The van der Waals surface area contributed by atoms with Gasteiger partial charge in [-0.15, -0.1) is 0 Å². The number of nitrogens with one attached hydrogen (secondary N) is 2. The molecule has 11 nitrogen and oxygen atoms in total. The number of hydrogen-bond acceptors (Lipinski definition) is 9. The van der Waals surface area contributed by atoms with Crippen LogP contribution in [0.3, 0.4) is 0 Å². The number of rotatable bonds is 6. The van der Waals surface area contributed by atoms with Gasteiger partial charge < -0.3 is 25.0 Å². The van der Waals surface area contributed by atoms with E-state index in [0.717, 1.165) is 18.2 Å². The fourth-order valence-corrected chi connectivity index (χ4v) is 6.63. The lowest BCUT2D eigenvalue weighted by molar-refractivity contribution is -0.137. The molecule has 0 aliphatic carbocycles. The maximum Gasteiger partial charge on any atom is 0.421 e. The van der Waals surface area contributed by atoms with E-state index >= 15 is 4.39 Å². The number of nitrogens with zero attached hydrogens (tertiary/aromatic N) is 4. The van der Waals surface area contributed by atoms with Crippen molar-refractivity contribution in [1.82, 2.24) is 19.6 Å². The average molecular weight is 647 g/mol. The molecule has 4 rings (SSSR count). The summed E-state index contributed by atoms with van der Waals surface area (Å²) in [4.78, 5) is 22.6. The van der Waals surface area contributed by atoms with E-state index in [1.54, 1.807) is 27.7 Å². The molecule has 1 aromatic heterocycles. The number of likely N-dealkylation sites (tertiary alicyclic amines) is 1. The van der Waals surface area contributed by atoms with Gasteiger partial charge >= 0.3 is 12.3 Å². The molecule has 0 saturated carbocycles. The largest absolute Gasteiger partial charge is 0.444 e. The number of aromatic nitrogens is 2. The average Bonchev–Trinajstić information content (AvgIpc) is 2.88. The van der Waals surface area contributed by atoms with E-state index in [4.69, 9.17) is 4.74 Å². The van der Waals surface area contributed by atoms with E-state index in [0.29, 0.717) is 25.5 Å². The number of aliphatic hydroxyl groups is 1. The number of benzene rings is 1. The zero-order valence-electron chi connectivity index (χ0n) is 25.2. The van der Waals surface area contributed by atoms with E-state index < -0.39 is 56.7 Å². The normalized spacial score (nSPS) is 23.4. The molecule has 3 heterocycles. The van der Waals surface area contributed by atoms with Crippen LogP contribution < -0.4 is 14.9 Å². The van der Waals surface area contributed by atoms with E-state index in [-0.39, 0.29) is 48.6 Å². The maximum atomic E-state index is 15.1. The van der Waals surface area contributed by atoms with Gasteiger partial charge in [-0.05, 0) is 71.1 Å². The molecule has 2 aliphatic heterocycles. The van der Waals surface area contributed by atoms with Gasteiger partial charge in [-0.25, -0.2) is 27.3 Å². The number of amides is 1. The summed E-state index contributed by atoms with van der Waals surface area (Å²) in [6.45, 7) is 9.26. The lowest BCUT2D eigenvalue weighted by Gasteiger charge is -2.38. The van der Waals surface area contributed by atoms with Gasteiger partial charge in [0.25, 0.3) is 0 Å². The Labute approximate surface area is 254 Å². The van der Waals surface area contributed by atoms with E-state index in [1.165, 1.54) is 16.7 Å². The minimum atomic E-state index is -4.77. The Morgan fingerprint density at radius 3 is 2.50 bits per heavy atom.